The molecule has 2 fully saturated rings. The summed E-state index contributed by atoms with van der Waals surface area (Å²) in [7, 11) is 1.56. The van der Waals surface area contributed by atoms with Crippen molar-refractivity contribution >= 4 is 23.3 Å². The third-order valence-corrected chi connectivity index (χ3v) is 7.08. The molecule has 0 radical (unpaired) electrons. The topological polar surface area (TPSA) is 51.7 Å². The molecule has 2 aliphatic heterocycles. The minimum Gasteiger partial charge on any atom is -0.355 e. The van der Waals surface area contributed by atoms with Gasteiger partial charge < -0.3 is 10.2 Å². The Morgan fingerprint density at radius 1 is 1.12 bits per heavy atom. The lowest BCUT2D eigenvalue weighted by Gasteiger charge is -2.47. The van der Waals surface area contributed by atoms with E-state index in [1.165, 1.54) is 0 Å². The summed E-state index contributed by atoms with van der Waals surface area (Å²) in [5.41, 5.74) is 0.351. The summed E-state index contributed by atoms with van der Waals surface area (Å²) in [6.07, 6.45) is 3.34. The minimum absolute atomic E-state index is 0.0753. The maximum Gasteiger partial charge on any atom is 0.252 e. The molecule has 1 N–H and O–H groups in total. The van der Waals surface area contributed by atoms with Gasteiger partial charge >= 0.3 is 0 Å². The van der Waals surface area contributed by atoms with Crippen LogP contribution in [-0.4, -0.2) is 72.5 Å². The van der Waals surface area contributed by atoms with Crippen LogP contribution < -0.4 is 10.2 Å². The second-order valence-electron chi connectivity index (χ2n) is 9.00. The number of benzene rings is 1. The Labute approximate surface area is 202 Å². The molecule has 1 atom stereocenters. The molecule has 6 nitrogen and oxygen atoms in total. The highest BCUT2D eigenvalue weighted by Gasteiger charge is 2.33. The lowest BCUT2D eigenvalue weighted by Crippen LogP contribution is -2.57. The summed E-state index contributed by atoms with van der Waals surface area (Å²) in [4.78, 5) is 22.9. The first-order chi connectivity index (χ1) is 16.3. The Kier molecular flexibility index (Phi) is 7.64. The molecule has 34 heavy (non-hydrogen) atoms. The molecule has 1 aromatic carbocycles. The second kappa shape index (κ2) is 10.5. The highest BCUT2D eigenvalue weighted by Crippen LogP contribution is 2.29. The van der Waals surface area contributed by atoms with Gasteiger partial charge in [-0.25, -0.2) is 18.2 Å². The third-order valence-electron chi connectivity index (χ3n) is 6.80. The zero-order chi connectivity index (χ0) is 24.4. The van der Waals surface area contributed by atoms with Crippen LogP contribution in [0.4, 0.5) is 19.0 Å². The van der Waals surface area contributed by atoms with Gasteiger partial charge in [-0.1, -0.05) is 11.6 Å². The molecule has 1 amide bonds. The number of carbonyl (C=O) groups is 1. The fraction of sp³-hybridized carbons (Fsp3) is 0.500. The first-order valence-corrected chi connectivity index (χ1v) is 11.9. The number of hydrogen-bond donors (Lipinski definition) is 1. The number of rotatable bonds is 5. The van der Waals surface area contributed by atoms with Gasteiger partial charge in [-0.15, -0.1) is 0 Å². The number of anilines is 1. The third kappa shape index (κ3) is 5.31. The molecular formula is C24H29ClF3N5O. The SMILES string of the molecule is CNC(=O)c1cnc(N2CCN(C3CCN(Cc4c(F)cc(F)cc4F)CC3)[C@@H](C)C2)c(Cl)c1. The first-order valence-electron chi connectivity index (χ1n) is 11.5. The van der Waals surface area contributed by atoms with Crippen LogP contribution in [0.5, 0.6) is 0 Å². The average molecular weight is 496 g/mol. The number of carbonyl (C=O) groups excluding carboxylic acids is 1. The summed E-state index contributed by atoms with van der Waals surface area (Å²) >= 11 is 6.43. The van der Waals surface area contributed by atoms with E-state index in [4.69, 9.17) is 11.6 Å². The predicted octanol–water partition coefficient (Wildman–Crippen LogP) is 3.69. The van der Waals surface area contributed by atoms with E-state index in [2.05, 4.69) is 27.0 Å². The van der Waals surface area contributed by atoms with Crippen molar-refractivity contribution in [3.05, 3.63) is 58.0 Å². The maximum atomic E-state index is 14.0. The van der Waals surface area contributed by atoms with E-state index in [1.807, 2.05) is 4.90 Å². The van der Waals surface area contributed by atoms with Crippen LogP contribution in [0.3, 0.4) is 0 Å². The zero-order valence-electron chi connectivity index (χ0n) is 19.3. The Morgan fingerprint density at radius 3 is 2.38 bits per heavy atom. The molecule has 2 aromatic rings. The van der Waals surface area contributed by atoms with Gasteiger partial charge in [-0.05, 0) is 38.9 Å². The van der Waals surface area contributed by atoms with Gasteiger partial charge in [-0.2, -0.15) is 0 Å². The summed E-state index contributed by atoms with van der Waals surface area (Å²) in [6, 6.07) is 3.77. The number of likely N-dealkylation sites (tertiary alicyclic amines) is 1. The molecule has 2 saturated heterocycles. The lowest BCUT2D eigenvalue weighted by atomic mass is 9.99. The fourth-order valence-corrected chi connectivity index (χ4v) is 5.28. The van der Waals surface area contributed by atoms with Crippen LogP contribution in [-0.2, 0) is 6.54 Å². The Morgan fingerprint density at radius 2 is 1.79 bits per heavy atom. The summed E-state index contributed by atoms with van der Waals surface area (Å²) in [6.45, 7) is 6.15. The highest BCUT2D eigenvalue weighted by atomic mass is 35.5. The molecule has 3 heterocycles. The van der Waals surface area contributed by atoms with Crippen LogP contribution in [0.1, 0.15) is 35.7 Å². The molecule has 0 saturated carbocycles. The predicted molar refractivity (Wildman–Crippen MR) is 126 cm³/mol. The molecule has 0 aliphatic carbocycles. The number of hydrogen-bond acceptors (Lipinski definition) is 5. The van der Waals surface area contributed by atoms with Crippen molar-refractivity contribution in [2.24, 2.45) is 0 Å². The van der Waals surface area contributed by atoms with Gasteiger partial charge in [0.15, 0.2) is 0 Å². The van der Waals surface area contributed by atoms with E-state index < -0.39 is 17.5 Å². The van der Waals surface area contributed by atoms with Gasteiger partial charge in [0, 0.05) is 69.2 Å². The number of aromatic nitrogens is 1. The van der Waals surface area contributed by atoms with E-state index >= 15 is 0 Å². The van der Waals surface area contributed by atoms with E-state index in [0.29, 0.717) is 22.4 Å². The van der Waals surface area contributed by atoms with Crippen molar-refractivity contribution < 1.29 is 18.0 Å². The fourth-order valence-electron chi connectivity index (χ4n) is 4.99. The van der Waals surface area contributed by atoms with Gasteiger partial charge in [-0.3, -0.25) is 14.6 Å². The quantitative estimate of drug-likeness (QED) is 0.685. The molecule has 0 bridgehead atoms. The zero-order valence-corrected chi connectivity index (χ0v) is 20.1. The number of piperidine rings is 1. The van der Waals surface area contributed by atoms with Crippen molar-refractivity contribution in [1.29, 1.82) is 0 Å². The number of nitrogens with one attached hydrogen (secondary N) is 1. The molecular weight excluding hydrogens is 467 g/mol. The van der Waals surface area contributed by atoms with Crippen LogP contribution in [0.25, 0.3) is 0 Å². The lowest BCUT2D eigenvalue weighted by molar-refractivity contribution is 0.0683. The summed E-state index contributed by atoms with van der Waals surface area (Å²) < 4.78 is 41.2. The van der Waals surface area contributed by atoms with Crippen LogP contribution in [0.2, 0.25) is 5.02 Å². The van der Waals surface area contributed by atoms with Gasteiger partial charge in [0.05, 0.1) is 10.6 Å². The molecule has 184 valence electrons. The van der Waals surface area contributed by atoms with Crippen LogP contribution >= 0.6 is 11.6 Å². The number of amides is 1. The summed E-state index contributed by atoms with van der Waals surface area (Å²) in [5, 5.41) is 3.02. The largest absolute Gasteiger partial charge is 0.355 e. The Balaban J connectivity index is 1.32. The van der Waals surface area contributed by atoms with Gasteiger partial charge in [0.1, 0.15) is 23.3 Å². The molecule has 0 spiro atoms. The second-order valence-corrected chi connectivity index (χ2v) is 9.40. The number of pyridine rings is 1. The minimum atomic E-state index is -0.899. The molecule has 10 heteroatoms. The Hall–Kier alpha value is -2.36. The van der Waals surface area contributed by atoms with Crippen molar-refractivity contribution in [3.8, 4) is 0 Å². The van der Waals surface area contributed by atoms with Crippen molar-refractivity contribution in [2.45, 2.75) is 38.4 Å². The van der Waals surface area contributed by atoms with E-state index in [1.54, 1.807) is 19.3 Å². The monoisotopic (exact) mass is 495 g/mol. The van der Waals surface area contributed by atoms with E-state index in [-0.39, 0.29) is 24.1 Å². The van der Waals surface area contributed by atoms with E-state index in [9.17, 15) is 18.0 Å². The molecule has 2 aliphatic rings. The van der Waals surface area contributed by atoms with Crippen LogP contribution in [0, 0.1) is 17.5 Å². The molecule has 1 aromatic heterocycles. The first kappa shape index (κ1) is 24.8. The smallest absolute Gasteiger partial charge is 0.252 e. The summed E-state index contributed by atoms with van der Waals surface area (Å²) in [5.74, 6) is -2.11. The standard InChI is InChI=1S/C24H29ClF3N5O/c1-15-13-32(23-20(25)9-16(12-30-23)24(34)29-2)7-8-33(15)18-3-5-31(6-4-18)14-19-21(27)10-17(26)11-22(19)28/h9-12,15,18H,3-8,13-14H2,1-2H3,(H,29,34)/t15-/m0/s1. The normalized spacial score (nSPS) is 20.5. The van der Waals surface area contributed by atoms with Crippen molar-refractivity contribution in [3.63, 3.8) is 0 Å². The van der Waals surface area contributed by atoms with Crippen LogP contribution in [0.15, 0.2) is 24.4 Å². The number of halogens is 4. The molecule has 4 rings (SSSR count). The van der Waals surface area contributed by atoms with Gasteiger partial charge in [0.25, 0.3) is 5.91 Å². The average Bonchev–Trinajstić information content (AvgIpc) is 2.81. The Bertz CT molecular complexity index is 1020. The maximum absolute atomic E-state index is 14.0. The number of piperazine rings is 1. The number of nitrogens with zero attached hydrogens (tertiary/aromatic N) is 4. The van der Waals surface area contributed by atoms with E-state index in [0.717, 1.165) is 57.7 Å². The highest BCUT2D eigenvalue weighted by molar-refractivity contribution is 6.33. The van der Waals surface area contributed by atoms with Crippen molar-refractivity contribution in [1.82, 2.24) is 20.1 Å². The van der Waals surface area contributed by atoms with Crippen molar-refractivity contribution in [2.75, 3.05) is 44.7 Å². The van der Waals surface area contributed by atoms with Gasteiger partial charge in [0.2, 0.25) is 0 Å². The molecule has 0 unspecified atom stereocenters.